The van der Waals surface area contributed by atoms with Gasteiger partial charge in [0.1, 0.15) is 10.1 Å². The van der Waals surface area contributed by atoms with E-state index in [4.69, 9.17) is 0 Å². The zero-order chi connectivity index (χ0) is 21.8. The van der Waals surface area contributed by atoms with E-state index < -0.39 is 29.1 Å². The zero-order valence-electron chi connectivity index (χ0n) is 18.9. The fraction of sp³-hybridized carbons (Fsp3) is 0.190. The van der Waals surface area contributed by atoms with E-state index in [1.54, 1.807) is 6.20 Å². The molecule has 12 heteroatoms. The summed E-state index contributed by atoms with van der Waals surface area (Å²) in [6.07, 6.45) is 1.68. The van der Waals surface area contributed by atoms with Crippen molar-refractivity contribution in [2.45, 2.75) is 24.3 Å². The summed E-state index contributed by atoms with van der Waals surface area (Å²) in [4.78, 5) is 24.0. The molecule has 3 rings (SSSR count). The normalized spacial score (nSPS) is 12.0. The maximum Gasteiger partial charge on any atom is 1.00 e. The van der Waals surface area contributed by atoms with Crippen molar-refractivity contribution in [3.05, 3.63) is 78.5 Å². The summed E-state index contributed by atoms with van der Waals surface area (Å²) in [5, 5.41) is 0. The van der Waals surface area contributed by atoms with Crippen LogP contribution in [0.5, 0.6) is 0 Å². The van der Waals surface area contributed by atoms with E-state index in [9.17, 15) is 27.3 Å². The Labute approximate surface area is 322 Å². The van der Waals surface area contributed by atoms with Gasteiger partial charge in [-0.25, -0.2) is 8.42 Å². The average Bonchev–Trinajstić information content (AvgIpc) is 2.71. The van der Waals surface area contributed by atoms with Gasteiger partial charge in [0, 0.05) is 11.8 Å². The van der Waals surface area contributed by atoms with Crippen LogP contribution in [0.2, 0.25) is 0 Å². The average molecular weight is 562 g/mol. The molecule has 1 aromatic heterocycles. The number of hydrogen-bond donors (Lipinski definition) is 0. The largest absolute Gasteiger partial charge is 1.00 e. The maximum absolute atomic E-state index is 11.0. The molecule has 0 amide bonds. The third-order valence-electron chi connectivity index (χ3n) is 4.74. The van der Waals surface area contributed by atoms with Crippen LogP contribution in [0.1, 0.15) is 18.4 Å². The van der Waals surface area contributed by atoms with Crippen molar-refractivity contribution in [1.29, 1.82) is 0 Å². The van der Waals surface area contributed by atoms with Crippen LogP contribution >= 0.6 is 7.60 Å². The molecule has 3 aromatic rings. The van der Waals surface area contributed by atoms with Gasteiger partial charge < -0.3 is 18.9 Å². The molecule has 0 aliphatic carbocycles. The predicted octanol–water partition coefficient (Wildman–Crippen LogP) is -6.46. The number of hydrogen-bond acceptors (Lipinski definition) is 7. The number of aromatic nitrogens is 1. The van der Waals surface area contributed by atoms with Crippen molar-refractivity contribution in [1.82, 2.24) is 4.98 Å². The first-order valence-electron chi connectivity index (χ1n) is 9.22. The topological polar surface area (TPSA) is 133 Å². The van der Waals surface area contributed by atoms with Gasteiger partial charge in [0.25, 0.3) is 0 Å². The monoisotopic (exact) mass is 561 g/mol. The molecule has 0 aliphatic heterocycles. The summed E-state index contributed by atoms with van der Waals surface area (Å²) in [7, 11) is -10.7. The molecule has 0 aliphatic rings. The standard InChI is InChI=1S/C21H22NO6PS.3K/c23-29(24,25)21(30(26,27)28)6-3-4-16-7-9-17(10-8-16)18-11-13-19(14-12-18)20-5-1-2-15-22-20;;;/h1-2,5,7-15,21H,3-4,6H2,(H2,23,24,25)(H,26,27,28);;;/q;3*+1/p-3. The second-order valence-corrected chi connectivity index (χ2v) is 10.5. The number of nitrogens with zero attached hydrogens (tertiary/aromatic N) is 1. The number of rotatable bonds is 8. The minimum absolute atomic E-state index is 0. The van der Waals surface area contributed by atoms with E-state index in [1.807, 2.05) is 66.7 Å². The molecule has 0 radical (unpaired) electrons. The Hall–Kier alpha value is 2.56. The summed E-state index contributed by atoms with van der Waals surface area (Å²) in [6.45, 7) is 0. The molecule has 158 valence electrons. The van der Waals surface area contributed by atoms with Crippen LogP contribution in [0.4, 0.5) is 0 Å². The zero-order valence-corrected chi connectivity index (χ0v) is 30.0. The SMILES string of the molecule is O=P([O-])([O-])C(CCCc1ccc(-c2ccc(-c3ccccn3)cc2)cc1)S(=O)(=O)[O-].[K+].[K+].[K+]. The molecule has 7 nitrogen and oxygen atoms in total. The van der Waals surface area contributed by atoms with Crippen LogP contribution in [0.25, 0.3) is 22.4 Å². The molecular formula is C21H19K3NO6PS. The molecule has 1 atom stereocenters. The molecule has 0 saturated carbocycles. The number of benzene rings is 2. The predicted molar refractivity (Wildman–Crippen MR) is 109 cm³/mol. The summed E-state index contributed by atoms with van der Waals surface area (Å²) >= 11 is 0. The van der Waals surface area contributed by atoms with Gasteiger partial charge in [0.05, 0.1) is 10.7 Å². The second kappa shape index (κ2) is 16.5. The molecule has 0 saturated heterocycles. The Morgan fingerprint density at radius 3 is 1.79 bits per heavy atom. The summed E-state index contributed by atoms with van der Waals surface area (Å²) < 4.78 is 44.0. The molecule has 1 unspecified atom stereocenters. The van der Waals surface area contributed by atoms with Crippen molar-refractivity contribution in [2.24, 2.45) is 0 Å². The van der Waals surface area contributed by atoms with Crippen LogP contribution in [0, 0.1) is 0 Å². The van der Waals surface area contributed by atoms with E-state index in [-0.39, 0.29) is 161 Å². The fourth-order valence-corrected chi connectivity index (χ4v) is 5.39. The minimum Gasteiger partial charge on any atom is -0.810 e. The fourth-order valence-electron chi connectivity index (χ4n) is 3.17. The van der Waals surface area contributed by atoms with Crippen LogP contribution in [-0.4, -0.2) is 22.9 Å². The Kier molecular flexibility index (Phi) is 17.8. The third-order valence-corrected chi connectivity index (χ3v) is 8.15. The van der Waals surface area contributed by atoms with E-state index >= 15 is 0 Å². The van der Waals surface area contributed by atoms with E-state index in [2.05, 4.69) is 4.98 Å². The van der Waals surface area contributed by atoms with Gasteiger partial charge in [0.2, 0.25) is 0 Å². The molecule has 0 bridgehead atoms. The molecule has 0 fully saturated rings. The first-order chi connectivity index (χ1) is 14.1. The minimum atomic E-state index is -5.50. The first-order valence-corrected chi connectivity index (χ1v) is 12.3. The van der Waals surface area contributed by atoms with Crippen molar-refractivity contribution in [2.75, 3.05) is 0 Å². The second-order valence-electron chi connectivity index (χ2n) is 6.87. The molecular weight excluding hydrogens is 543 g/mol. The van der Waals surface area contributed by atoms with Crippen molar-refractivity contribution in [3.63, 3.8) is 0 Å². The Morgan fingerprint density at radius 2 is 1.33 bits per heavy atom. The smallest absolute Gasteiger partial charge is 0.810 e. The van der Waals surface area contributed by atoms with Crippen LogP contribution in [0.15, 0.2) is 72.9 Å². The molecule has 0 N–H and O–H groups in total. The van der Waals surface area contributed by atoms with Crippen molar-refractivity contribution < 1.29 is 181 Å². The maximum atomic E-state index is 11.0. The van der Waals surface area contributed by atoms with Gasteiger partial charge in [0.15, 0.2) is 0 Å². The summed E-state index contributed by atoms with van der Waals surface area (Å²) in [5.74, 6) is 0. The van der Waals surface area contributed by atoms with Crippen molar-refractivity contribution >= 4 is 17.7 Å². The molecule has 33 heavy (non-hydrogen) atoms. The van der Waals surface area contributed by atoms with Crippen LogP contribution in [-0.2, 0) is 21.1 Å². The van der Waals surface area contributed by atoms with Gasteiger partial charge in [-0.15, -0.1) is 0 Å². The number of aryl methyl sites for hydroxylation is 1. The first kappa shape index (κ1) is 35.6. The van der Waals surface area contributed by atoms with Gasteiger partial charge in [-0.05, 0) is 48.1 Å². The Balaban J connectivity index is 0.00000341. The van der Waals surface area contributed by atoms with Gasteiger partial charge in [-0.2, -0.15) is 0 Å². The Bertz CT molecular complexity index is 1140. The van der Waals surface area contributed by atoms with Gasteiger partial charge in [-0.1, -0.05) is 62.2 Å². The summed E-state index contributed by atoms with van der Waals surface area (Å²) in [6, 6.07) is 21.2. The molecule has 0 spiro atoms. The summed E-state index contributed by atoms with van der Waals surface area (Å²) in [5.41, 5.74) is 4.73. The van der Waals surface area contributed by atoms with Crippen LogP contribution < -0.4 is 164 Å². The van der Waals surface area contributed by atoms with E-state index in [0.717, 1.165) is 27.9 Å². The van der Waals surface area contributed by atoms with E-state index in [0.29, 0.717) is 6.42 Å². The quantitative estimate of drug-likeness (QED) is 0.152. The molecule has 2 aromatic carbocycles. The van der Waals surface area contributed by atoms with Gasteiger partial charge in [-0.3, -0.25) is 4.98 Å². The molecule has 1 heterocycles. The number of pyridine rings is 1. The van der Waals surface area contributed by atoms with Gasteiger partial charge >= 0.3 is 154 Å². The van der Waals surface area contributed by atoms with E-state index in [1.165, 1.54) is 0 Å². The Morgan fingerprint density at radius 1 is 0.818 bits per heavy atom. The third kappa shape index (κ3) is 11.5. The van der Waals surface area contributed by atoms with Crippen LogP contribution in [0.3, 0.4) is 0 Å². The van der Waals surface area contributed by atoms with Crippen molar-refractivity contribution in [3.8, 4) is 22.4 Å².